The van der Waals surface area contributed by atoms with E-state index in [1.54, 1.807) is 19.1 Å². The molecule has 0 aromatic carbocycles. The number of carbonyl (C=O) groups excluding carboxylic acids is 1. The van der Waals surface area contributed by atoms with Gasteiger partial charge in [-0.3, -0.25) is 0 Å². The molecule has 0 aliphatic carbocycles. The number of nitrogens with zero attached hydrogens (tertiary/aromatic N) is 2. The molecule has 6 nitrogen and oxygen atoms in total. The molecule has 1 atom stereocenters. The van der Waals surface area contributed by atoms with Crippen LogP contribution < -0.4 is 4.90 Å². The Bertz CT molecular complexity index is 641. The van der Waals surface area contributed by atoms with Crippen molar-refractivity contribution in [1.29, 1.82) is 0 Å². The lowest BCUT2D eigenvalue weighted by Gasteiger charge is -2.33. The van der Waals surface area contributed by atoms with Gasteiger partial charge in [-0.05, 0) is 38.3 Å². The summed E-state index contributed by atoms with van der Waals surface area (Å²) in [5.74, 6) is -3.16. The Labute approximate surface area is 157 Å². The van der Waals surface area contributed by atoms with Crippen LogP contribution in [0.4, 0.5) is 14.5 Å². The molecule has 0 radical (unpaired) electrons. The topological polar surface area (TPSA) is 60.9 Å². The number of piperidine rings is 1. The van der Waals surface area contributed by atoms with E-state index in [1.165, 1.54) is 0 Å². The smallest absolute Gasteiger partial charge is 0.356 e. The molecule has 1 unspecified atom stereocenters. The quantitative estimate of drug-likeness (QED) is 0.699. The highest BCUT2D eigenvalue weighted by Gasteiger charge is 2.34. The van der Waals surface area contributed by atoms with Gasteiger partial charge in [0.2, 0.25) is 0 Å². The fourth-order valence-electron chi connectivity index (χ4n) is 3.25. The number of anilines is 1. The molecule has 27 heavy (non-hydrogen) atoms. The normalized spacial score (nSPS) is 22.5. The van der Waals surface area contributed by atoms with E-state index in [4.69, 9.17) is 14.2 Å². The van der Waals surface area contributed by atoms with Gasteiger partial charge in [-0.2, -0.15) is 0 Å². The Hall–Kier alpha value is -1.80. The molecule has 1 aromatic heterocycles. The number of halogens is 2. The average Bonchev–Trinajstić information content (AvgIpc) is 2.67. The van der Waals surface area contributed by atoms with Crippen LogP contribution in [0.5, 0.6) is 0 Å². The summed E-state index contributed by atoms with van der Waals surface area (Å²) in [6, 6.07) is 3.39. The molecule has 0 N–H and O–H groups in total. The van der Waals surface area contributed by atoms with Gasteiger partial charge in [-0.1, -0.05) is 0 Å². The molecule has 0 spiro atoms. The largest absolute Gasteiger partial charge is 0.461 e. The zero-order valence-corrected chi connectivity index (χ0v) is 15.6. The number of rotatable bonds is 6. The standard InChI is InChI=1S/C19H26F2N2O4/c1-2-25-18(24)16-12-15(23-8-6-19(20,21)7-9-23)11-14(22-16)13-27-17-5-3-4-10-26-17/h11-12,17H,2-10,13H2,1H3. The number of esters is 1. The Morgan fingerprint density at radius 3 is 2.78 bits per heavy atom. The molecular formula is C19H26F2N2O4. The SMILES string of the molecule is CCOC(=O)c1cc(N2CCC(F)(F)CC2)cc(COC2CCCCO2)n1. The van der Waals surface area contributed by atoms with Gasteiger partial charge in [0.1, 0.15) is 0 Å². The molecule has 2 aliphatic rings. The summed E-state index contributed by atoms with van der Waals surface area (Å²) in [5.41, 5.74) is 1.41. The Kier molecular flexibility index (Phi) is 6.59. The van der Waals surface area contributed by atoms with Gasteiger partial charge >= 0.3 is 5.97 Å². The van der Waals surface area contributed by atoms with E-state index in [0.717, 1.165) is 19.3 Å². The number of hydrogen-bond acceptors (Lipinski definition) is 6. The van der Waals surface area contributed by atoms with Crippen LogP contribution in [0.2, 0.25) is 0 Å². The number of carbonyl (C=O) groups is 1. The molecule has 0 amide bonds. The molecule has 0 bridgehead atoms. The first-order valence-corrected chi connectivity index (χ1v) is 9.51. The second-order valence-corrected chi connectivity index (χ2v) is 6.87. The van der Waals surface area contributed by atoms with Crippen molar-refractivity contribution in [2.24, 2.45) is 0 Å². The van der Waals surface area contributed by atoms with Gasteiger partial charge in [0.15, 0.2) is 12.0 Å². The van der Waals surface area contributed by atoms with E-state index < -0.39 is 11.9 Å². The van der Waals surface area contributed by atoms with Crippen molar-refractivity contribution in [3.63, 3.8) is 0 Å². The van der Waals surface area contributed by atoms with Crippen LogP contribution in [-0.4, -0.2) is 49.5 Å². The second kappa shape index (κ2) is 8.93. The van der Waals surface area contributed by atoms with Crippen LogP contribution in [0.15, 0.2) is 12.1 Å². The summed E-state index contributed by atoms with van der Waals surface area (Å²) in [5, 5.41) is 0. The van der Waals surface area contributed by atoms with Crippen molar-refractivity contribution in [3.8, 4) is 0 Å². The van der Waals surface area contributed by atoms with Gasteiger partial charge in [0, 0.05) is 38.2 Å². The van der Waals surface area contributed by atoms with E-state index in [2.05, 4.69) is 4.98 Å². The van der Waals surface area contributed by atoms with Gasteiger partial charge in [-0.15, -0.1) is 0 Å². The van der Waals surface area contributed by atoms with Crippen molar-refractivity contribution in [1.82, 2.24) is 4.98 Å². The van der Waals surface area contributed by atoms with Crippen molar-refractivity contribution < 1.29 is 27.8 Å². The van der Waals surface area contributed by atoms with E-state index in [0.29, 0.717) is 18.0 Å². The summed E-state index contributed by atoms with van der Waals surface area (Å²) in [6.45, 7) is 3.28. The lowest BCUT2D eigenvalue weighted by Crippen LogP contribution is -2.39. The molecule has 0 saturated carbocycles. The van der Waals surface area contributed by atoms with Crippen LogP contribution in [-0.2, 0) is 20.8 Å². The van der Waals surface area contributed by atoms with E-state index in [-0.39, 0.29) is 51.1 Å². The lowest BCUT2D eigenvalue weighted by molar-refractivity contribution is -0.169. The van der Waals surface area contributed by atoms with Crippen molar-refractivity contribution in [2.75, 3.05) is 31.2 Å². The predicted octanol–water partition coefficient (Wildman–Crippen LogP) is 3.54. The van der Waals surface area contributed by atoms with E-state index >= 15 is 0 Å². The lowest BCUT2D eigenvalue weighted by atomic mass is 10.1. The highest BCUT2D eigenvalue weighted by atomic mass is 19.3. The number of hydrogen-bond donors (Lipinski definition) is 0. The van der Waals surface area contributed by atoms with Crippen molar-refractivity contribution >= 4 is 11.7 Å². The summed E-state index contributed by atoms with van der Waals surface area (Å²) in [6.07, 6.45) is 2.22. The molecule has 1 aromatic rings. The molecule has 2 saturated heterocycles. The van der Waals surface area contributed by atoms with Gasteiger partial charge in [0.05, 0.1) is 18.9 Å². The van der Waals surface area contributed by atoms with Crippen LogP contribution in [0.25, 0.3) is 0 Å². The molecule has 150 valence electrons. The summed E-state index contributed by atoms with van der Waals surface area (Å²) >= 11 is 0. The minimum atomic E-state index is -2.63. The first-order chi connectivity index (χ1) is 13.0. The molecule has 8 heteroatoms. The Morgan fingerprint density at radius 1 is 1.33 bits per heavy atom. The second-order valence-electron chi connectivity index (χ2n) is 6.87. The fourth-order valence-corrected chi connectivity index (χ4v) is 3.25. The zero-order valence-electron chi connectivity index (χ0n) is 15.6. The van der Waals surface area contributed by atoms with Gasteiger partial charge in [-0.25, -0.2) is 18.6 Å². The number of pyridine rings is 1. The monoisotopic (exact) mass is 384 g/mol. The van der Waals surface area contributed by atoms with Crippen LogP contribution in [0.1, 0.15) is 55.2 Å². The number of ether oxygens (including phenoxy) is 3. The maximum atomic E-state index is 13.5. The van der Waals surface area contributed by atoms with Gasteiger partial charge in [0.25, 0.3) is 5.92 Å². The minimum Gasteiger partial charge on any atom is -0.461 e. The van der Waals surface area contributed by atoms with E-state index in [1.807, 2.05) is 4.90 Å². The first-order valence-electron chi connectivity index (χ1n) is 9.51. The maximum absolute atomic E-state index is 13.5. The van der Waals surface area contributed by atoms with Crippen LogP contribution in [0.3, 0.4) is 0 Å². The molecular weight excluding hydrogens is 358 g/mol. The third-order valence-electron chi connectivity index (χ3n) is 4.76. The molecule has 2 aliphatic heterocycles. The highest BCUT2D eigenvalue weighted by Crippen LogP contribution is 2.31. The average molecular weight is 384 g/mol. The first kappa shape index (κ1) is 19.9. The summed E-state index contributed by atoms with van der Waals surface area (Å²) in [4.78, 5) is 18.3. The maximum Gasteiger partial charge on any atom is 0.356 e. The molecule has 3 heterocycles. The Morgan fingerprint density at radius 2 is 2.11 bits per heavy atom. The third kappa shape index (κ3) is 5.59. The van der Waals surface area contributed by atoms with Crippen molar-refractivity contribution in [3.05, 3.63) is 23.5 Å². The van der Waals surface area contributed by atoms with Crippen LogP contribution >= 0.6 is 0 Å². The summed E-state index contributed by atoms with van der Waals surface area (Å²) in [7, 11) is 0. The third-order valence-corrected chi connectivity index (χ3v) is 4.76. The minimum absolute atomic E-state index is 0.162. The fraction of sp³-hybridized carbons (Fsp3) is 0.684. The van der Waals surface area contributed by atoms with Crippen LogP contribution in [0, 0.1) is 0 Å². The van der Waals surface area contributed by atoms with E-state index in [9.17, 15) is 13.6 Å². The highest BCUT2D eigenvalue weighted by molar-refractivity contribution is 5.88. The number of alkyl halides is 2. The number of aromatic nitrogens is 1. The zero-order chi connectivity index (χ0) is 19.3. The Balaban J connectivity index is 1.75. The molecule has 3 rings (SSSR count). The van der Waals surface area contributed by atoms with Crippen molar-refractivity contribution in [2.45, 2.75) is 57.8 Å². The molecule has 2 fully saturated rings. The predicted molar refractivity (Wildman–Crippen MR) is 95.0 cm³/mol. The summed E-state index contributed by atoms with van der Waals surface area (Å²) < 4.78 is 43.3. The van der Waals surface area contributed by atoms with Gasteiger partial charge < -0.3 is 19.1 Å².